The molecule has 1 N–H and O–H groups in total. The van der Waals surface area contributed by atoms with Gasteiger partial charge in [0.1, 0.15) is 5.82 Å². The lowest BCUT2D eigenvalue weighted by Crippen LogP contribution is -1.96. The number of fused-ring (bicyclic) bond motifs is 3. The van der Waals surface area contributed by atoms with Gasteiger partial charge in [0, 0.05) is 16.8 Å². The van der Waals surface area contributed by atoms with E-state index in [9.17, 15) is 9.18 Å². The Kier molecular flexibility index (Phi) is 2.18. The second-order valence-electron chi connectivity index (χ2n) is 4.85. The Morgan fingerprint density at radius 3 is 2.30 bits per heavy atom. The van der Waals surface area contributed by atoms with Gasteiger partial charge in [-0.25, -0.2) is 4.39 Å². The molecule has 0 spiro atoms. The van der Waals surface area contributed by atoms with Gasteiger partial charge < -0.3 is 4.98 Å². The van der Waals surface area contributed by atoms with E-state index in [1.54, 1.807) is 12.1 Å². The van der Waals surface area contributed by atoms with Crippen LogP contribution in [0.1, 0.15) is 16.1 Å². The van der Waals surface area contributed by atoms with E-state index >= 15 is 0 Å². The van der Waals surface area contributed by atoms with Gasteiger partial charge >= 0.3 is 0 Å². The van der Waals surface area contributed by atoms with Crippen LogP contribution in [0.4, 0.5) is 4.39 Å². The van der Waals surface area contributed by atoms with Crippen LogP contribution in [0.15, 0.2) is 54.6 Å². The molecule has 0 fully saturated rings. The van der Waals surface area contributed by atoms with Crippen LogP contribution in [0.25, 0.3) is 22.4 Å². The maximum absolute atomic E-state index is 13.0. The van der Waals surface area contributed by atoms with Gasteiger partial charge in [0.25, 0.3) is 0 Å². The molecule has 3 aromatic rings. The Morgan fingerprint density at radius 2 is 1.55 bits per heavy atom. The number of aromatic nitrogens is 1. The molecule has 2 aromatic carbocycles. The first kappa shape index (κ1) is 11.2. The number of rotatable bonds is 1. The van der Waals surface area contributed by atoms with Crippen LogP contribution in [-0.2, 0) is 0 Å². The number of ketones is 1. The SMILES string of the molecule is O=C1c2ccccc2-c2cc(-c3ccc(F)cc3)[nH]c21. The molecule has 0 saturated carbocycles. The number of halogens is 1. The monoisotopic (exact) mass is 263 g/mol. The zero-order valence-corrected chi connectivity index (χ0v) is 10.5. The summed E-state index contributed by atoms with van der Waals surface area (Å²) in [7, 11) is 0. The van der Waals surface area contributed by atoms with Crippen LogP contribution in [0.5, 0.6) is 0 Å². The van der Waals surface area contributed by atoms with Crippen molar-refractivity contribution in [2.75, 3.05) is 0 Å². The Morgan fingerprint density at radius 1 is 0.850 bits per heavy atom. The van der Waals surface area contributed by atoms with Crippen molar-refractivity contribution in [3.63, 3.8) is 0 Å². The first-order chi connectivity index (χ1) is 9.74. The Balaban J connectivity index is 1.88. The van der Waals surface area contributed by atoms with Crippen molar-refractivity contribution in [1.82, 2.24) is 4.98 Å². The normalized spacial score (nSPS) is 12.3. The van der Waals surface area contributed by atoms with Gasteiger partial charge in [-0.3, -0.25) is 4.79 Å². The molecule has 0 amide bonds. The molecular formula is C17H10FNO. The van der Waals surface area contributed by atoms with E-state index < -0.39 is 0 Å². The van der Waals surface area contributed by atoms with Crippen LogP contribution in [0.2, 0.25) is 0 Å². The molecule has 0 radical (unpaired) electrons. The number of hydrogen-bond donors (Lipinski definition) is 1. The molecule has 1 aromatic heterocycles. The molecular weight excluding hydrogens is 253 g/mol. The predicted octanol–water partition coefficient (Wildman–Crippen LogP) is 4.03. The van der Waals surface area contributed by atoms with Crippen molar-refractivity contribution >= 4 is 5.78 Å². The van der Waals surface area contributed by atoms with Crippen LogP contribution in [0.3, 0.4) is 0 Å². The summed E-state index contributed by atoms with van der Waals surface area (Å²) in [5.74, 6) is -0.252. The van der Waals surface area contributed by atoms with Gasteiger partial charge in [-0.05, 0) is 41.5 Å². The maximum atomic E-state index is 13.0. The minimum absolute atomic E-state index is 0.0176. The number of H-pyrrole nitrogens is 1. The summed E-state index contributed by atoms with van der Waals surface area (Å²) in [6, 6.07) is 15.7. The lowest BCUT2D eigenvalue weighted by molar-refractivity contribution is 0.103. The van der Waals surface area contributed by atoms with Gasteiger partial charge in [0.05, 0.1) is 5.69 Å². The Labute approximate surface area is 114 Å². The molecule has 1 heterocycles. The molecule has 96 valence electrons. The summed E-state index contributed by atoms with van der Waals surface area (Å²) in [5.41, 5.74) is 4.93. The van der Waals surface area contributed by atoms with E-state index in [1.807, 2.05) is 30.3 Å². The highest BCUT2D eigenvalue weighted by atomic mass is 19.1. The number of nitrogens with one attached hydrogen (secondary N) is 1. The molecule has 4 rings (SSSR count). The van der Waals surface area contributed by atoms with Crippen molar-refractivity contribution < 1.29 is 9.18 Å². The largest absolute Gasteiger partial charge is 0.351 e. The molecule has 0 aliphatic heterocycles. The van der Waals surface area contributed by atoms with Gasteiger partial charge in [0.2, 0.25) is 5.78 Å². The average molecular weight is 263 g/mol. The standard InChI is InChI=1S/C17H10FNO/c18-11-7-5-10(6-8-11)15-9-14-12-3-1-2-4-13(12)17(20)16(14)19-15/h1-9,19H. The van der Waals surface area contributed by atoms with Crippen LogP contribution in [-0.4, -0.2) is 10.8 Å². The number of aromatic amines is 1. The van der Waals surface area contributed by atoms with Gasteiger partial charge in [0.15, 0.2) is 0 Å². The minimum Gasteiger partial charge on any atom is -0.351 e. The second-order valence-corrected chi connectivity index (χ2v) is 4.85. The molecule has 0 atom stereocenters. The third-order valence-electron chi connectivity index (χ3n) is 3.66. The first-order valence-corrected chi connectivity index (χ1v) is 6.37. The second kappa shape index (κ2) is 3.90. The summed E-state index contributed by atoms with van der Waals surface area (Å²) in [4.78, 5) is 15.4. The van der Waals surface area contributed by atoms with E-state index in [1.165, 1.54) is 12.1 Å². The third kappa shape index (κ3) is 1.46. The highest BCUT2D eigenvalue weighted by Gasteiger charge is 2.28. The van der Waals surface area contributed by atoms with E-state index in [4.69, 9.17) is 0 Å². The molecule has 1 aliphatic carbocycles. The van der Waals surface area contributed by atoms with Crippen molar-refractivity contribution in [2.24, 2.45) is 0 Å². The lowest BCUT2D eigenvalue weighted by atomic mass is 10.1. The Bertz CT molecular complexity index is 830. The predicted molar refractivity (Wildman–Crippen MR) is 75.1 cm³/mol. The molecule has 3 heteroatoms. The number of hydrogen-bond acceptors (Lipinski definition) is 1. The Hall–Kier alpha value is -2.68. The number of benzene rings is 2. The zero-order valence-electron chi connectivity index (χ0n) is 10.5. The summed E-state index contributed by atoms with van der Waals surface area (Å²) >= 11 is 0. The molecule has 0 unspecified atom stereocenters. The quantitative estimate of drug-likeness (QED) is 0.552. The topological polar surface area (TPSA) is 32.9 Å². The lowest BCUT2D eigenvalue weighted by Gasteiger charge is -2.00. The fraction of sp³-hybridized carbons (Fsp3) is 0. The van der Waals surface area contributed by atoms with Crippen molar-refractivity contribution in [2.45, 2.75) is 0 Å². The zero-order chi connectivity index (χ0) is 13.7. The van der Waals surface area contributed by atoms with E-state index in [0.717, 1.165) is 27.9 Å². The molecule has 0 bridgehead atoms. The van der Waals surface area contributed by atoms with Crippen LogP contribution >= 0.6 is 0 Å². The van der Waals surface area contributed by atoms with Crippen LogP contribution in [0, 0.1) is 5.82 Å². The molecule has 0 saturated heterocycles. The number of carbonyl (C=O) groups excluding carboxylic acids is 1. The van der Waals surface area contributed by atoms with Crippen molar-refractivity contribution in [3.05, 3.63) is 71.7 Å². The molecule has 1 aliphatic rings. The maximum Gasteiger partial charge on any atom is 0.210 e. The van der Waals surface area contributed by atoms with E-state index in [2.05, 4.69) is 4.98 Å². The first-order valence-electron chi connectivity index (χ1n) is 6.37. The minimum atomic E-state index is -0.269. The van der Waals surface area contributed by atoms with Crippen molar-refractivity contribution in [1.29, 1.82) is 0 Å². The van der Waals surface area contributed by atoms with E-state index in [-0.39, 0.29) is 11.6 Å². The summed E-state index contributed by atoms with van der Waals surface area (Å²) in [6.07, 6.45) is 0. The average Bonchev–Trinajstić information content (AvgIpc) is 3.01. The highest BCUT2D eigenvalue weighted by molar-refractivity contribution is 6.21. The number of carbonyl (C=O) groups is 1. The fourth-order valence-electron chi connectivity index (χ4n) is 2.68. The van der Waals surface area contributed by atoms with Crippen molar-refractivity contribution in [3.8, 4) is 22.4 Å². The molecule has 20 heavy (non-hydrogen) atoms. The summed E-state index contributed by atoms with van der Waals surface area (Å²) < 4.78 is 13.0. The van der Waals surface area contributed by atoms with Gasteiger partial charge in [-0.2, -0.15) is 0 Å². The summed E-state index contributed by atoms with van der Waals surface area (Å²) in [6.45, 7) is 0. The third-order valence-corrected chi connectivity index (χ3v) is 3.66. The smallest absolute Gasteiger partial charge is 0.210 e. The highest BCUT2D eigenvalue weighted by Crippen LogP contribution is 2.38. The summed E-state index contributed by atoms with van der Waals surface area (Å²) in [5, 5.41) is 0. The fourth-order valence-corrected chi connectivity index (χ4v) is 2.68. The molecule has 2 nitrogen and oxygen atoms in total. The van der Waals surface area contributed by atoms with Crippen LogP contribution < -0.4 is 0 Å². The van der Waals surface area contributed by atoms with Gasteiger partial charge in [-0.1, -0.05) is 24.3 Å². The van der Waals surface area contributed by atoms with E-state index in [0.29, 0.717) is 5.69 Å². The van der Waals surface area contributed by atoms with Gasteiger partial charge in [-0.15, -0.1) is 0 Å².